The van der Waals surface area contributed by atoms with Crippen LogP contribution in [-0.2, 0) is 11.2 Å². The van der Waals surface area contributed by atoms with Gasteiger partial charge in [-0.25, -0.2) is 4.99 Å². The van der Waals surface area contributed by atoms with Gasteiger partial charge in [0.1, 0.15) is 0 Å². The highest BCUT2D eigenvalue weighted by Gasteiger charge is 2.40. The Labute approximate surface area is 178 Å². The highest BCUT2D eigenvalue weighted by Crippen LogP contribution is 2.46. The molecule has 1 fully saturated rings. The lowest BCUT2D eigenvalue weighted by atomic mass is 9.90. The number of halogens is 1. The van der Waals surface area contributed by atoms with Crippen molar-refractivity contribution in [1.82, 2.24) is 4.90 Å². The smallest absolute Gasteiger partial charge is 0.230 e. The largest absolute Gasteiger partial charge is 0.280 e. The molecule has 5 rings (SSSR count). The minimum atomic E-state index is -0.0534. The maximum atomic E-state index is 12.9. The number of carbonyl (C=O) groups is 1. The van der Waals surface area contributed by atoms with Crippen LogP contribution in [0.1, 0.15) is 47.6 Å². The molecule has 3 aliphatic rings. The second kappa shape index (κ2) is 7.20. The second-order valence-electron chi connectivity index (χ2n) is 7.60. The van der Waals surface area contributed by atoms with Crippen LogP contribution in [0.4, 0.5) is 0 Å². The van der Waals surface area contributed by atoms with E-state index in [1.54, 1.807) is 11.8 Å². The first-order valence-corrected chi connectivity index (χ1v) is 11.5. The van der Waals surface area contributed by atoms with Crippen molar-refractivity contribution in [2.24, 2.45) is 4.99 Å². The molecule has 1 atom stereocenters. The standard InChI is InChI=1S/C23H21BrN2OS/c1-14-5-6-15-3-2-4-18-21(19(15)13-14)25-23-26(20(27)11-12-28-23)22(18)16-7-9-17(24)10-8-16/h5-10,13,22H,2-4,11-12H2,1H3. The van der Waals surface area contributed by atoms with Crippen molar-refractivity contribution in [1.29, 1.82) is 0 Å². The minimum Gasteiger partial charge on any atom is -0.280 e. The first-order valence-electron chi connectivity index (χ1n) is 9.74. The third kappa shape index (κ3) is 3.05. The molecule has 0 N–H and O–H groups in total. The van der Waals surface area contributed by atoms with Crippen molar-refractivity contribution in [3.8, 4) is 0 Å². The molecule has 0 saturated carbocycles. The Morgan fingerprint density at radius 1 is 1.11 bits per heavy atom. The molecule has 1 saturated heterocycles. The Balaban J connectivity index is 1.75. The van der Waals surface area contributed by atoms with Crippen LogP contribution in [0.5, 0.6) is 0 Å². The van der Waals surface area contributed by atoms with Crippen LogP contribution < -0.4 is 0 Å². The van der Waals surface area contributed by atoms with Crippen LogP contribution in [0.3, 0.4) is 0 Å². The molecule has 28 heavy (non-hydrogen) atoms. The van der Waals surface area contributed by atoms with Gasteiger partial charge in [-0.3, -0.25) is 9.69 Å². The van der Waals surface area contributed by atoms with Gasteiger partial charge < -0.3 is 0 Å². The summed E-state index contributed by atoms with van der Waals surface area (Å²) in [4.78, 5) is 20.0. The van der Waals surface area contributed by atoms with E-state index in [2.05, 4.69) is 65.3 Å². The van der Waals surface area contributed by atoms with E-state index in [4.69, 9.17) is 4.99 Å². The number of benzene rings is 2. The molecule has 0 bridgehead atoms. The van der Waals surface area contributed by atoms with Gasteiger partial charge in [-0.1, -0.05) is 57.5 Å². The topological polar surface area (TPSA) is 32.7 Å². The average molecular weight is 453 g/mol. The normalized spacial score (nSPS) is 21.5. The summed E-state index contributed by atoms with van der Waals surface area (Å²) in [5.41, 5.74) is 7.41. The van der Waals surface area contributed by atoms with Gasteiger partial charge in [0.15, 0.2) is 5.17 Å². The lowest BCUT2D eigenvalue weighted by molar-refractivity contribution is -0.128. The SMILES string of the molecule is Cc1ccc2c(c1)C1=C(CCC2)C(c2ccc(Br)cc2)N2C(=O)CCSC2=N1. The molecular formula is C23H21BrN2OS. The lowest BCUT2D eigenvalue weighted by Crippen LogP contribution is -2.44. The molecule has 1 unspecified atom stereocenters. The van der Waals surface area contributed by atoms with E-state index in [1.807, 2.05) is 4.90 Å². The molecule has 3 nitrogen and oxygen atoms in total. The van der Waals surface area contributed by atoms with Gasteiger partial charge >= 0.3 is 0 Å². The summed E-state index contributed by atoms with van der Waals surface area (Å²) >= 11 is 5.25. The molecule has 2 aromatic rings. The molecule has 1 aliphatic carbocycles. The van der Waals surface area contributed by atoms with Crippen LogP contribution in [-0.4, -0.2) is 21.7 Å². The third-order valence-electron chi connectivity index (χ3n) is 5.72. The predicted octanol–water partition coefficient (Wildman–Crippen LogP) is 5.88. The molecule has 0 spiro atoms. The molecule has 1 amide bonds. The van der Waals surface area contributed by atoms with E-state index in [0.717, 1.165) is 45.9 Å². The Morgan fingerprint density at radius 3 is 2.75 bits per heavy atom. The number of amidine groups is 1. The van der Waals surface area contributed by atoms with Gasteiger partial charge in [0, 0.05) is 22.2 Å². The number of carbonyl (C=O) groups excluding carboxylic acids is 1. The summed E-state index contributed by atoms with van der Waals surface area (Å²) in [7, 11) is 0. The number of aryl methyl sites for hydroxylation is 2. The number of nitrogens with zero attached hydrogens (tertiary/aromatic N) is 2. The van der Waals surface area contributed by atoms with Crippen molar-refractivity contribution in [2.45, 2.75) is 38.6 Å². The summed E-state index contributed by atoms with van der Waals surface area (Å²) < 4.78 is 1.05. The number of thioether (sulfide) groups is 1. The summed E-state index contributed by atoms with van der Waals surface area (Å²) in [6.07, 6.45) is 3.69. The van der Waals surface area contributed by atoms with Gasteiger partial charge in [0.25, 0.3) is 0 Å². The van der Waals surface area contributed by atoms with Gasteiger partial charge in [-0.2, -0.15) is 0 Å². The number of hydrogen-bond donors (Lipinski definition) is 0. The van der Waals surface area contributed by atoms with Crippen molar-refractivity contribution in [2.75, 3.05) is 5.75 Å². The van der Waals surface area contributed by atoms with E-state index in [-0.39, 0.29) is 11.9 Å². The second-order valence-corrected chi connectivity index (χ2v) is 9.58. The van der Waals surface area contributed by atoms with E-state index >= 15 is 0 Å². The molecule has 2 aliphatic heterocycles. The first-order chi connectivity index (χ1) is 13.6. The minimum absolute atomic E-state index is 0.0534. The highest BCUT2D eigenvalue weighted by molar-refractivity contribution is 9.10. The van der Waals surface area contributed by atoms with Gasteiger partial charge in [0.2, 0.25) is 5.91 Å². The Morgan fingerprint density at radius 2 is 1.93 bits per heavy atom. The van der Waals surface area contributed by atoms with Crippen molar-refractivity contribution < 1.29 is 4.79 Å². The van der Waals surface area contributed by atoms with E-state index in [0.29, 0.717) is 6.42 Å². The van der Waals surface area contributed by atoms with Crippen molar-refractivity contribution >= 4 is 44.5 Å². The van der Waals surface area contributed by atoms with Crippen LogP contribution in [0.15, 0.2) is 57.5 Å². The summed E-state index contributed by atoms with van der Waals surface area (Å²) in [5.74, 6) is 0.996. The zero-order chi connectivity index (χ0) is 19.3. The van der Waals surface area contributed by atoms with Gasteiger partial charge in [-0.05, 0) is 61.1 Å². The fourth-order valence-electron chi connectivity index (χ4n) is 4.40. The fraction of sp³-hybridized carbons (Fsp3) is 0.304. The maximum Gasteiger partial charge on any atom is 0.230 e. The monoisotopic (exact) mass is 452 g/mol. The number of hydrogen-bond acceptors (Lipinski definition) is 3. The lowest BCUT2D eigenvalue weighted by Gasteiger charge is -2.40. The number of aliphatic imine (C=N–C) groups is 1. The molecule has 0 aromatic heterocycles. The quantitative estimate of drug-likeness (QED) is 0.540. The Bertz CT molecular complexity index is 1030. The molecule has 142 valence electrons. The maximum absolute atomic E-state index is 12.9. The third-order valence-corrected chi connectivity index (χ3v) is 7.20. The molecule has 0 radical (unpaired) electrons. The fourth-order valence-corrected chi connectivity index (χ4v) is 5.63. The number of rotatable bonds is 1. The molecular weight excluding hydrogens is 432 g/mol. The molecule has 2 aromatic carbocycles. The zero-order valence-electron chi connectivity index (χ0n) is 15.7. The van der Waals surface area contributed by atoms with Crippen LogP contribution in [0.2, 0.25) is 0 Å². The predicted molar refractivity (Wildman–Crippen MR) is 119 cm³/mol. The van der Waals surface area contributed by atoms with Crippen LogP contribution >= 0.6 is 27.7 Å². The summed E-state index contributed by atoms with van der Waals surface area (Å²) in [6.45, 7) is 2.14. The molecule has 2 heterocycles. The van der Waals surface area contributed by atoms with E-state index in [9.17, 15) is 4.79 Å². The van der Waals surface area contributed by atoms with Gasteiger partial charge in [0.05, 0.1) is 11.7 Å². The Kier molecular flexibility index (Phi) is 4.68. The molecule has 5 heteroatoms. The van der Waals surface area contributed by atoms with Crippen LogP contribution in [0, 0.1) is 6.92 Å². The number of fused-ring (bicyclic) bond motifs is 3. The highest BCUT2D eigenvalue weighted by atomic mass is 79.9. The number of amides is 1. The van der Waals surface area contributed by atoms with E-state index in [1.165, 1.54) is 22.3 Å². The van der Waals surface area contributed by atoms with Crippen LogP contribution in [0.25, 0.3) is 5.70 Å². The summed E-state index contributed by atoms with van der Waals surface area (Å²) in [5, 5.41) is 0.859. The van der Waals surface area contributed by atoms with Crippen molar-refractivity contribution in [3.05, 3.63) is 74.8 Å². The summed E-state index contributed by atoms with van der Waals surface area (Å²) in [6, 6.07) is 15.1. The van der Waals surface area contributed by atoms with Gasteiger partial charge in [-0.15, -0.1) is 0 Å². The zero-order valence-corrected chi connectivity index (χ0v) is 18.1. The first kappa shape index (κ1) is 18.2. The Hall–Kier alpha value is -1.85. The van der Waals surface area contributed by atoms with E-state index < -0.39 is 0 Å². The van der Waals surface area contributed by atoms with Crippen molar-refractivity contribution in [3.63, 3.8) is 0 Å². The average Bonchev–Trinajstić information content (AvgIpc) is 2.87.